The summed E-state index contributed by atoms with van der Waals surface area (Å²) in [5.41, 5.74) is 7.21. The van der Waals surface area contributed by atoms with Gasteiger partial charge in [0.15, 0.2) is 6.10 Å². The molecule has 1 aromatic heterocycles. The van der Waals surface area contributed by atoms with Crippen molar-refractivity contribution in [2.24, 2.45) is 5.73 Å². The third-order valence-corrected chi connectivity index (χ3v) is 4.50. The van der Waals surface area contributed by atoms with Gasteiger partial charge in [-0.2, -0.15) is 0 Å². The number of fused-ring (bicyclic) bond motifs is 1. The highest BCUT2D eigenvalue weighted by Gasteiger charge is 2.22. The molecule has 0 radical (unpaired) electrons. The molecule has 28 heavy (non-hydrogen) atoms. The SMILES string of the molecule is C[C@@H](OC(=O)c1cc(-c2ccc(Br)cc2)nc2ccccc12)C(=O)NC(N)=O. The molecule has 0 aliphatic rings. The van der Waals surface area contributed by atoms with E-state index in [-0.39, 0.29) is 5.56 Å². The fraction of sp³-hybridized carbons (Fsp3) is 0.100. The van der Waals surface area contributed by atoms with Crippen LogP contribution in [0.1, 0.15) is 17.3 Å². The minimum atomic E-state index is -1.19. The Kier molecular flexibility index (Phi) is 5.70. The number of para-hydroxylation sites is 1. The van der Waals surface area contributed by atoms with Gasteiger partial charge in [0, 0.05) is 15.4 Å². The number of amides is 3. The summed E-state index contributed by atoms with van der Waals surface area (Å²) in [6, 6.07) is 15.2. The topological polar surface area (TPSA) is 111 Å². The lowest BCUT2D eigenvalue weighted by molar-refractivity contribution is -0.127. The van der Waals surface area contributed by atoms with Crippen LogP contribution in [0.15, 0.2) is 59.1 Å². The fourth-order valence-electron chi connectivity index (χ4n) is 2.61. The number of nitrogens with zero attached hydrogens (tertiary/aromatic N) is 1. The maximum absolute atomic E-state index is 12.7. The van der Waals surface area contributed by atoms with Gasteiger partial charge in [0.05, 0.1) is 16.8 Å². The van der Waals surface area contributed by atoms with E-state index in [2.05, 4.69) is 20.9 Å². The molecule has 3 aromatic rings. The quantitative estimate of drug-likeness (QED) is 0.602. The van der Waals surface area contributed by atoms with Gasteiger partial charge in [-0.3, -0.25) is 10.1 Å². The summed E-state index contributed by atoms with van der Waals surface area (Å²) < 4.78 is 6.15. The smallest absolute Gasteiger partial charge is 0.339 e. The first-order chi connectivity index (χ1) is 13.3. The number of rotatable bonds is 4. The Labute approximate surface area is 169 Å². The number of ether oxygens (including phenoxy) is 1. The number of benzene rings is 2. The van der Waals surface area contributed by atoms with Crippen molar-refractivity contribution in [3.63, 3.8) is 0 Å². The number of carbonyl (C=O) groups is 3. The Morgan fingerprint density at radius 1 is 1.11 bits per heavy atom. The maximum Gasteiger partial charge on any atom is 0.339 e. The standard InChI is InChI=1S/C20H16BrN3O4/c1-11(18(25)24-20(22)27)28-19(26)15-10-17(12-6-8-13(21)9-7-12)23-16-5-3-2-4-14(15)16/h2-11H,1H3,(H3,22,24,25,27)/t11-/m1/s1. The number of nitrogens with one attached hydrogen (secondary N) is 1. The van der Waals surface area contributed by atoms with E-state index in [1.807, 2.05) is 35.6 Å². The summed E-state index contributed by atoms with van der Waals surface area (Å²) in [5, 5.41) is 2.48. The Morgan fingerprint density at radius 3 is 2.46 bits per heavy atom. The Hall–Kier alpha value is -3.26. The summed E-state index contributed by atoms with van der Waals surface area (Å²) in [7, 11) is 0. The van der Waals surface area contributed by atoms with Gasteiger partial charge in [-0.05, 0) is 31.2 Å². The fourth-order valence-corrected chi connectivity index (χ4v) is 2.88. The number of aromatic nitrogens is 1. The van der Waals surface area contributed by atoms with Crippen molar-refractivity contribution in [3.05, 3.63) is 64.6 Å². The van der Waals surface area contributed by atoms with Crippen LogP contribution in [0.5, 0.6) is 0 Å². The number of nitrogens with two attached hydrogens (primary N) is 1. The van der Waals surface area contributed by atoms with Gasteiger partial charge in [-0.25, -0.2) is 14.6 Å². The Balaban J connectivity index is 1.99. The van der Waals surface area contributed by atoms with E-state index in [9.17, 15) is 14.4 Å². The number of pyridine rings is 1. The number of hydrogen-bond acceptors (Lipinski definition) is 5. The highest BCUT2D eigenvalue weighted by molar-refractivity contribution is 9.10. The molecule has 3 amide bonds. The molecule has 1 heterocycles. The van der Waals surface area contributed by atoms with Gasteiger partial charge >= 0.3 is 12.0 Å². The second-order valence-corrected chi connectivity index (χ2v) is 6.90. The average molecular weight is 442 g/mol. The number of imide groups is 1. The van der Waals surface area contributed by atoms with E-state index in [1.165, 1.54) is 6.92 Å². The lowest BCUT2D eigenvalue weighted by Crippen LogP contribution is -2.42. The summed E-state index contributed by atoms with van der Waals surface area (Å²) in [6.45, 7) is 1.36. The van der Waals surface area contributed by atoms with Gasteiger partial charge in [0.25, 0.3) is 5.91 Å². The van der Waals surface area contributed by atoms with Gasteiger partial charge in [-0.1, -0.05) is 46.3 Å². The predicted molar refractivity (Wildman–Crippen MR) is 107 cm³/mol. The van der Waals surface area contributed by atoms with Crippen molar-refractivity contribution in [1.82, 2.24) is 10.3 Å². The Bertz CT molecular complexity index is 1070. The summed E-state index contributed by atoms with van der Waals surface area (Å²) >= 11 is 3.39. The number of hydrogen-bond donors (Lipinski definition) is 2. The highest BCUT2D eigenvalue weighted by Crippen LogP contribution is 2.26. The van der Waals surface area contributed by atoms with E-state index >= 15 is 0 Å². The molecule has 0 aliphatic carbocycles. The van der Waals surface area contributed by atoms with Gasteiger partial charge in [-0.15, -0.1) is 0 Å². The number of carbonyl (C=O) groups excluding carboxylic acids is 3. The molecule has 0 saturated heterocycles. The van der Waals surface area contributed by atoms with E-state index in [4.69, 9.17) is 10.5 Å². The van der Waals surface area contributed by atoms with Crippen molar-refractivity contribution >= 4 is 44.7 Å². The first-order valence-electron chi connectivity index (χ1n) is 8.32. The van der Waals surface area contributed by atoms with Gasteiger partial charge in [0.2, 0.25) is 0 Å². The van der Waals surface area contributed by atoms with Crippen molar-refractivity contribution < 1.29 is 19.1 Å². The third kappa shape index (κ3) is 4.34. The molecule has 0 saturated carbocycles. The lowest BCUT2D eigenvalue weighted by Gasteiger charge is -2.14. The summed E-state index contributed by atoms with van der Waals surface area (Å²) in [4.78, 5) is 40.0. The van der Waals surface area contributed by atoms with Gasteiger partial charge in [0.1, 0.15) is 0 Å². The zero-order valence-corrected chi connectivity index (χ0v) is 16.4. The molecule has 0 spiro atoms. The van der Waals surface area contributed by atoms with Crippen LogP contribution >= 0.6 is 15.9 Å². The third-order valence-electron chi connectivity index (χ3n) is 3.98. The van der Waals surface area contributed by atoms with Crippen molar-refractivity contribution in [1.29, 1.82) is 0 Å². The monoisotopic (exact) mass is 441 g/mol. The molecule has 142 valence electrons. The van der Waals surface area contributed by atoms with E-state index in [1.54, 1.807) is 24.3 Å². The van der Waals surface area contributed by atoms with Crippen LogP contribution in [0.25, 0.3) is 22.2 Å². The first kappa shape index (κ1) is 19.5. The zero-order valence-electron chi connectivity index (χ0n) is 14.8. The van der Waals surface area contributed by atoms with Crippen LogP contribution in [0.2, 0.25) is 0 Å². The second-order valence-electron chi connectivity index (χ2n) is 5.98. The molecule has 1 atom stereocenters. The molecule has 0 aliphatic heterocycles. The number of halogens is 1. The minimum absolute atomic E-state index is 0.266. The number of primary amides is 1. The second kappa shape index (κ2) is 8.18. The van der Waals surface area contributed by atoms with Crippen LogP contribution in [-0.4, -0.2) is 29.0 Å². The van der Waals surface area contributed by atoms with E-state index in [0.717, 1.165) is 10.0 Å². The molecular weight excluding hydrogens is 426 g/mol. The Morgan fingerprint density at radius 2 is 1.79 bits per heavy atom. The summed E-state index contributed by atoms with van der Waals surface area (Å²) in [5.74, 6) is -1.50. The largest absolute Gasteiger partial charge is 0.449 e. The van der Waals surface area contributed by atoms with Gasteiger partial charge < -0.3 is 10.5 Å². The maximum atomic E-state index is 12.7. The molecule has 0 bridgehead atoms. The first-order valence-corrected chi connectivity index (χ1v) is 9.11. The average Bonchev–Trinajstić information content (AvgIpc) is 2.67. The van der Waals surface area contributed by atoms with Crippen LogP contribution < -0.4 is 11.1 Å². The normalized spacial score (nSPS) is 11.6. The molecule has 0 unspecified atom stereocenters. The van der Waals surface area contributed by atoms with Crippen molar-refractivity contribution in [2.75, 3.05) is 0 Å². The van der Waals surface area contributed by atoms with Crippen molar-refractivity contribution in [3.8, 4) is 11.3 Å². The van der Waals surface area contributed by atoms with Crippen LogP contribution in [0.4, 0.5) is 4.79 Å². The molecule has 8 heteroatoms. The molecular formula is C20H16BrN3O4. The van der Waals surface area contributed by atoms with Crippen LogP contribution in [-0.2, 0) is 9.53 Å². The zero-order chi connectivity index (χ0) is 20.3. The molecule has 0 fully saturated rings. The predicted octanol–water partition coefficient (Wildman–Crippen LogP) is 3.40. The molecule has 7 nitrogen and oxygen atoms in total. The van der Waals surface area contributed by atoms with Crippen LogP contribution in [0.3, 0.4) is 0 Å². The van der Waals surface area contributed by atoms with Crippen molar-refractivity contribution in [2.45, 2.75) is 13.0 Å². The molecule has 3 N–H and O–H groups in total. The number of esters is 1. The van der Waals surface area contributed by atoms with E-state index < -0.39 is 24.0 Å². The number of urea groups is 1. The van der Waals surface area contributed by atoms with E-state index in [0.29, 0.717) is 16.6 Å². The molecule has 2 aromatic carbocycles. The summed E-state index contributed by atoms with van der Waals surface area (Å²) in [6.07, 6.45) is -1.19. The lowest BCUT2D eigenvalue weighted by atomic mass is 10.0. The molecule has 3 rings (SSSR count). The highest BCUT2D eigenvalue weighted by atomic mass is 79.9. The minimum Gasteiger partial charge on any atom is -0.449 e. The van der Waals surface area contributed by atoms with Crippen LogP contribution in [0, 0.1) is 0 Å².